The van der Waals surface area contributed by atoms with Crippen LogP contribution in [0.1, 0.15) is 0 Å². The second-order valence-electron chi connectivity index (χ2n) is 8.21. The fourth-order valence-electron chi connectivity index (χ4n) is 3.30. The summed E-state index contributed by atoms with van der Waals surface area (Å²) < 4.78 is 38.1. The summed E-state index contributed by atoms with van der Waals surface area (Å²) in [7, 11) is -13.5. The summed E-state index contributed by atoms with van der Waals surface area (Å²) in [6.07, 6.45) is 0. The smallest absolute Gasteiger partial charge is 0.314 e. The predicted octanol–water partition coefficient (Wildman–Crippen LogP) is 3.46. The van der Waals surface area contributed by atoms with Crippen LogP contribution in [0.2, 0.25) is 72.0 Å². The summed E-state index contributed by atoms with van der Waals surface area (Å²) in [5, 5.41) is 0. The molecule has 0 saturated carbocycles. The molecule has 0 aromatic heterocycles. The van der Waals surface area contributed by atoms with Gasteiger partial charge in [0.2, 0.25) is 0 Å². The average Bonchev–Trinajstić information content (AvgIpc) is 2.01. The van der Waals surface area contributed by atoms with Crippen molar-refractivity contribution in [2.24, 2.45) is 0 Å². The summed E-state index contributed by atoms with van der Waals surface area (Å²) >= 11 is 0. The van der Waals surface area contributed by atoms with Crippen molar-refractivity contribution in [2.75, 3.05) is 0 Å². The van der Waals surface area contributed by atoms with E-state index in [0.717, 1.165) is 0 Å². The van der Waals surface area contributed by atoms with Crippen LogP contribution in [0.4, 0.5) is 0 Å². The maximum atomic E-state index is 6.41. The molecule has 1 saturated heterocycles. The Labute approximate surface area is 148 Å². The Morgan fingerprint density at radius 3 is 0.913 bits per heavy atom. The fourth-order valence-corrected chi connectivity index (χ4v) is 32.1. The Hall–Kier alpha value is 1.06. The van der Waals surface area contributed by atoms with Crippen LogP contribution >= 0.6 is 0 Å². The third-order valence-electron chi connectivity index (χ3n) is 2.87. The fraction of sp³-hybridized carbons (Fsp3) is 1.00. The first-order chi connectivity index (χ1) is 9.93. The van der Waals surface area contributed by atoms with Gasteiger partial charge in [0.1, 0.15) is 0 Å². The van der Waals surface area contributed by atoms with Gasteiger partial charge in [-0.25, -0.2) is 0 Å². The quantitative estimate of drug-likeness (QED) is 0.548. The highest BCUT2D eigenvalue weighted by atomic mass is 28.5. The van der Waals surface area contributed by atoms with Gasteiger partial charge in [-0.05, 0) is 72.0 Å². The van der Waals surface area contributed by atoms with Gasteiger partial charge < -0.3 is 24.7 Å². The molecule has 23 heavy (non-hydrogen) atoms. The predicted molar refractivity (Wildman–Crippen MR) is 107 cm³/mol. The normalized spacial score (nSPS) is 30.9. The maximum absolute atomic E-state index is 6.41. The summed E-state index contributed by atoms with van der Waals surface area (Å²) in [6, 6.07) is 0. The SMILES string of the molecule is C[SiH]1O[Si](C)(C)O[Si](C)(C)O[Si](C)(C)O[Si](C)(C)O[Si](C)(C)O1. The van der Waals surface area contributed by atoms with Gasteiger partial charge in [-0.1, -0.05) is 0 Å². The van der Waals surface area contributed by atoms with E-state index < -0.39 is 52.1 Å². The van der Waals surface area contributed by atoms with Crippen LogP contribution in [0.25, 0.3) is 0 Å². The average molecular weight is 431 g/mol. The highest BCUT2D eigenvalue weighted by Gasteiger charge is 2.48. The molecule has 1 fully saturated rings. The van der Waals surface area contributed by atoms with Crippen LogP contribution in [0, 0.1) is 0 Å². The second kappa shape index (κ2) is 6.99. The van der Waals surface area contributed by atoms with Crippen LogP contribution in [0.15, 0.2) is 0 Å². The van der Waals surface area contributed by atoms with Crippen LogP contribution in [0.3, 0.4) is 0 Å². The van der Waals surface area contributed by atoms with Crippen molar-refractivity contribution in [2.45, 2.75) is 72.0 Å². The molecule has 1 heterocycles. The van der Waals surface area contributed by atoms with E-state index in [-0.39, 0.29) is 0 Å². The lowest BCUT2D eigenvalue weighted by Gasteiger charge is -2.44. The van der Waals surface area contributed by atoms with E-state index in [0.29, 0.717) is 0 Å². The van der Waals surface area contributed by atoms with Crippen molar-refractivity contribution < 1.29 is 24.7 Å². The molecule has 0 aromatic carbocycles. The van der Waals surface area contributed by atoms with Crippen molar-refractivity contribution in [3.8, 4) is 0 Å². The maximum Gasteiger partial charge on any atom is 0.314 e. The molecule has 138 valence electrons. The Bertz CT molecular complexity index is 391. The van der Waals surface area contributed by atoms with Gasteiger partial charge in [0, 0.05) is 0 Å². The van der Waals surface area contributed by atoms with Crippen LogP contribution < -0.4 is 0 Å². The van der Waals surface area contributed by atoms with Crippen molar-refractivity contribution in [1.29, 1.82) is 0 Å². The van der Waals surface area contributed by atoms with Crippen LogP contribution in [-0.2, 0) is 24.7 Å². The molecule has 0 aliphatic carbocycles. The lowest BCUT2D eigenvalue weighted by molar-refractivity contribution is 0.248. The minimum atomic E-state index is -2.36. The molecule has 6 nitrogen and oxygen atoms in total. The van der Waals surface area contributed by atoms with Crippen molar-refractivity contribution >= 4 is 52.1 Å². The summed E-state index contributed by atoms with van der Waals surface area (Å²) in [6.45, 7) is 22.7. The molecule has 1 aliphatic rings. The zero-order valence-corrected chi connectivity index (χ0v) is 22.7. The molecule has 0 aromatic rings. The highest BCUT2D eigenvalue weighted by Crippen LogP contribution is 2.28. The van der Waals surface area contributed by atoms with Crippen molar-refractivity contribution in [1.82, 2.24) is 0 Å². The van der Waals surface area contributed by atoms with Crippen molar-refractivity contribution in [3.05, 3.63) is 0 Å². The minimum absolute atomic E-state index is 1.83. The molecule has 0 unspecified atom stereocenters. The minimum Gasteiger partial charge on any atom is -0.418 e. The molecule has 12 heteroatoms. The molecule has 0 atom stereocenters. The van der Waals surface area contributed by atoms with E-state index in [4.69, 9.17) is 24.7 Å². The standard InChI is InChI=1S/C11H34O6Si6/c1-18-12-19(2,3)14-21(6,7)16-23(10,11)17-22(8,9)15-20(4,5)13-18/h18H,1-11H3. The second-order valence-corrected chi connectivity index (χ2v) is 28.5. The Morgan fingerprint density at radius 2 is 0.652 bits per heavy atom. The van der Waals surface area contributed by atoms with Gasteiger partial charge in [0.25, 0.3) is 0 Å². The Balaban J connectivity index is 3.14. The molecule has 0 amide bonds. The first-order valence-electron chi connectivity index (χ1n) is 8.09. The Kier molecular flexibility index (Phi) is 6.72. The molecular weight excluding hydrogens is 397 g/mol. The van der Waals surface area contributed by atoms with Gasteiger partial charge in [-0.2, -0.15) is 0 Å². The molecule has 0 N–H and O–H groups in total. The summed E-state index contributed by atoms with van der Waals surface area (Å²) in [5.74, 6) is 0. The van der Waals surface area contributed by atoms with E-state index in [1.54, 1.807) is 0 Å². The first kappa shape index (κ1) is 22.1. The zero-order chi connectivity index (χ0) is 18.3. The van der Waals surface area contributed by atoms with E-state index in [1.807, 2.05) is 6.55 Å². The number of hydrogen-bond donors (Lipinski definition) is 0. The monoisotopic (exact) mass is 430 g/mol. The van der Waals surface area contributed by atoms with Gasteiger partial charge in [0.15, 0.2) is 0 Å². The summed E-state index contributed by atoms with van der Waals surface area (Å²) in [4.78, 5) is 0. The van der Waals surface area contributed by atoms with Crippen LogP contribution in [-0.4, -0.2) is 52.1 Å². The lowest BCUT2D eigenvalue weighted by Crippen LogP contribution is -2.61. The molecular formula is C11H34O6Si6. The van der Waals surface area contributed by atoms with Gasteiger partial charge in [0.05, 0.1) is 0 Å². The van der Waals surface area contributed by atoms with Gasteiger partial charge >= 0.3 is 52.1 Å². The summed E-state index contributed by atoms with van der Waals surface area (Å²) in [5.41, 5.74) is 0. The third-order valence-corrected chi connectivity index (χ3v) is 25.8. The van der Waals surface area contributed by atoms with Crippen molar-refractivity contribution in [3.63, 3.8) is 0 Å². The zero-order valence-electron chi connectivity index (χ0n) is 16.5. The number of rotatable bonds is 0. The number of hydrogen-bond acceptors (Lipinski definition) is 6. The molecule has 0 radical (unpaired) electrons. The highest BCUT2D eigenvalue weighted by molar-refractivity contribution is 6.91. The lowest BCUT2D eigenvalue weighted by atomic mass is 11.9. The topological polar surface area (TPSA) is 55.4 Å². The van der Waals surface area contributed by atoms with E-state index in [2.05, 4.69) is 65.5 Å². The Morgan fingerprint density at radius 1 is 0.435 bits per heavy atom. The van der Waals surface area contributed by atoms with E-state index in [1.165, 1.54) is 0 Å². The first-order valence-corrected chi connectivity index (χ1v) is 24.3. The molecule has 0 spiro atoms. The van der Waals surface area contributed by atoms with Crippen LogP contribution in [0.5, 0.6) is 0 Å². The molecule has 0 bridgehead atoms. The van der Waals surface area contributed by atoms with E-state index >= 15 is 0 Å². The van der Waals surface area contributed by atoms with Gasteiger partial charge in [-0.3, -0.25) is 0 Å². The largest absolute Gasteiger partial charge is 0.418 e. The third kappa shape index (κ3) is 8.32. The molecule has 1 rings (SSSR count). The van der Waals surface area contributed by atoms with Gasteiger partial charge in [-0.15, -0.1) is 0 Å². The molecule has 1 aliphatic heterocycles. The van der Waals surface area contributed by atoms with E-state index in [9.17, 15) is 0 Å².